The molecule has 0 aliphatic carbocycles. The first-order valence-corrected chi connectivity index (χ1v) is 7.34. The molecule has 1 aliphatic heterocycles. The van der Waals surface area contributed by atoms with Crippen LogP contribution in [0.4, 0.5) is 5.82 Å². The van der Waals surface area contributed by atoms with E-state index in [1.807, 2.05) is 19.3 Å². The summed E-state index contributed by atoms with van der Waals surface area (Å²) >= 11 is 0. The Morgan fingerprint density at radius 1 is 1.32 bits per heavy atom. The lowest BCUT2D eigenvalue weighted by molar-refractivity contribution is 0.108. The summed E-state index contributed by atoms with van der Waals surface area (Å²) in [6, 6.07) is 4.20. The molecule has 1 N–H and O–H groups in total. The van der Waals surface area contributed by atoms with Crippen LogP contribution in [0.25, 0.3) is 0 Å². The van der Waals surface area contributed by atoms with Crippen molar-refractivity contribution in [2.45, 2.75) is 40.2 Å². The standard InChI is InChI=1S/C16H27N3/c1-16(2,3)14-7-10-19(11-8-14)12-13-6-5-9-18-15(13)17-4/h5-6,9,14H,7-8,10-12H2,1-4H3,(H,17,18). The molecular weight excluding hydrogens is 234 g/mol. The number of hydrogen-bond acceptors (Lipinski definition) is 3. The van der Waals surface area contributed by atoms with Crippen molar-refractivity contribution in [2.24, 2.45) is 11.3 Å². The van der Waals surface area contributed by atoms with Crippen molar-refractivity contribution >= 4 is 5.82 Å². The highest BCUT2D eigenvalue weighted by atomic mass is 15.1. The number of pyridine rings is 1. The van der Waals surface area contributed by atoms with Crippen LogP contribution in [-0.2, 0) is 6.54 Å². The predicted molar refractivity (Wildman–Crippen MR) is 81.2 cm³/mol. The van der Waals surface area contributed by atoms with E-state index in [0.29, 0.717) is 5.41 Å². The fraction of sp³-hybridized carbons (Fsp3) is 0.688. The minimum Gasteiger partial charge on any atom is -0.373 e. The molecule has 0 unspecified atom stereocenters. The largest absolute Gasteiger partial charge is 0.373 e. The zero-order valence-corrected chi connectivity index (χ0v) is 12.7. The molecule has 0 atom stereocenters. The second-order valence-corrected chi connectivity index (χ2v) is 6.68. The minimum atomic E-state index is 0.455. The molecule has 0 spiro atoms. The molecule has 0 bridgehead atoms. The Morgan fingerprint density at radius 3 is 2.58 bits per heavy atom. The zero-order chi connectivity index (χ0) is 13.9. The quantitative estimate of drug-likeness (QED) is 0.904. The average Bonchev–Trinajstić information content (AvgIpc) is 2.39. The molecule has 2 heterocycles. The molecule has 1 saturated heterocycles. The molecule has 0 saturated carbocycles. The summed E-state index contributed by atoms with van der Waals surface area (Å²) in [5.74, 6) is 1.88. The molecule has 0 aromatic carbocycles. The lowest BCUT2D eigenvalue weighted by atomic mass is 9.75. The molecule has 3 nitrogen and oxygen atoms in total. The van der Waals surface area contributed by atoms with Gasteiger partial charge >= 0.3 is 0 Å². The second kappa shape index (κ2) is 5.91. The van der Waals surface area contributed by atoms with Gasteiger partial charge in [0.25, 0.3) is 0 Å². The first-order chi connectivity index (χ1) is 9.00. The summed E-state index contributed by atoms with van der Waals surface area (Å²) in [5.41, 5.74) is 1.76. The van der Waals surface area contributed by atoms with Gasteiger partial charge in [0.15, 0.2) is 0 Å². The Kier molecular flexibility index (Phi) is 4.46. The van der Waals surface area contributed by atoms with Gasteiger partial charge in [0, 0.05) is 25.4 Å². The zero-order valence-electron chi connectivity index (χ0n) is 12.7. The molecule has 1 aromatic heterocycles. The summed E-state index contributed by atoms with van der Waals surface area (Å²) in [6.45, 7) is 10.5. The predicted octanol–water partition coefficient (Wildman–Crippen LogP) is 3.38. The third kappa shape index (κ3) is 3.69. The van der Waals surface area contributed by atoms with Gasteiger partial charge in [-0.25, -0.2) is 4.98 Å². The number of anilines is 1. The van der Waals surface area contributed by atoms with Crippen LogP contribution in [0.2, 0.25) is 0 Å². The number of nitrogens with one attached hydrogen (secondary N) is 1. The lowest BCUT2D eigenvalue weighted by Crippen LogP contribution is -2.37. The second-order valence-electron chi connectivity index (χ2n) is 6.68. The van der Waals surface area contributed by atoms with E-state index in [0.717, 1.165) is 18.3 Å². The van der Waals surface area contributed by atoms with E-state index < -0.39 is 0 Å². The summed E-state index contributed by atoms with van der Waals surface area (Å²) in [6.07, 6.45) is 4.48. The smallest absolute Gasteiger partial charge is 0.130 e. The number of piperidine rings is 1. The molecule has 106 valence electrons. The average molecular weight is 261 g/mol. The van der Waals surface area contributed by atoms with E-state index in [4.69, 9.17) is 0 Å². The first-order valence-electron chi connectivity index (χ1n) is 7.34. The highest BCUT2D eigenvalue weighted by molar-refractivity contribution is 5.42. The van der Waals surface area contributed by atoms with Crippen LogP contribution in [0.1, 0.15) is 39.2 Å². The van der Waals surface area contributed by atoms with Crippen molar-refractivity contribution in [1.82, 2.24) is 9.88 Å². The van der Waals surface area contributed by atoms with Crippen molar-refractivity contribution in [3.63, 3.8) is 0 Å². The van der Waals surface area contributed by atoms with Crippen LogP contribution < -0.4 is 5.32 Å². The molecule has 19 heavy (non-hydrogen) atoms. The van der Waals surface area contributed by atoms with E-state index >= 15 is 0 Å². The van der Waals surface area contributed by atoms with Crippen LogP contribution in [-0.4, -0.2) is 30.0 Å². The number of rotatable bonds is 3. The van der Waals surface area contributed by atoms with Gasteiger partial charge < -0.3 is 5.32 Å². The molecule has 0 amide bonds. The maximum atomic E-state index is 4.38. The summed E-state index contributed by atoms with van der Waals surface area (Å²) in [4.78, 5) is 6.93. The Bertz CT molecular complexity index is 401. The fourth-order valence-corrected chi connectivity index (χ4v) is 2.99. The molecule has 1 aromatic rings. The third-order valence-corrected chi connectivity index (χ3v) is 4.33. The third-order valence-electron chi connectivity index (χ3n) is 4.33. The summed E-state index contributed by atoms with van der Waals surface area (Å²) in [7, 11) is 1.94. The van der Waals surface area contributed by atoms with Gasteiger partial charge in [0.1, 0.15) is 5.82 Å². The van der Waals surface area contributed by atoms with Gasteiger partial charge in [-0.2, -0.15) is 0 Å². The highest BCUT2D eigenvalue weighted by Gasteiger charge is 2.28. The van der Waals surface area contributed by atoms with Gasteiger partial charge in [-0.1, -0.05) is 26.8 Å². The first kappa shape index (κ1) is 14.3. The van der Waals surface area contributed by atoms with Crippen molar-refractivity contribution in [3.8, 4) is 0 Å². The Hall–Kier alpha value is -1.09. The molecule has 1 fully saturated rings. The molecule has 1 aliphatic rings. The summed E-state index contributed by atoms with van der Waals surface area (Å²) < 4.78 is 0. The van der Waals surface area contributed by atoms with Crippen LogP contribution in [0.5, 0.6) is 0 Å². The Labute approximate surface area is 117 Å². The van der Waals surface area contributed by atoms with E-state index in [-0.39, 0.29) is 0 Å². The van der Waals surface area contributed by atoms with Gasteiger partial charge in [-0.15, -0.1) is 0 Å². The van der Waals surface area contributed by atoms with Gasteiger partial charge in [0.2, 0.25) is 0 Å². The van der Waals surface area contributed by atoms with Crippen molar-refractivity contribution in [1.29, 1.82) is 0 Å². The maximum absolute atomic E-state index is 4.38. The lowest BCUT2D eigenvalue weighted by Gasteiger charge is -2.38. The molecular formula is C16H27N3. The topological polar surface area (TPSA) is 28.2 Å². The van der Waals surface area contributed by atoms with Crippen molar-refractivity contribution in [3.05, 3.63) is 23.9 Å². The maximum Gasteiger partial charge on any atom is 0.130 e. The van der Waals surface area contributed by atoms with Crippen molar-refractivity contribution in [2.75, 3.05) is 25.5 Å². The van der Waals surface area contributed by atoms with Crippen LogP contribution in [0.3, 0.4) is 0 Å². The fourth-order valence-electron chi connectivity index (χ4n) is 2.99. The van der Waals surface area contributed by atoms with Crippen LogP contribution in [0.15, 0.2) is 18.3 Å². The SMILES string of the molecule is CNc1ncccc1CN1CCC(C(C)(C)C)CC1. The van der Waals surface area contributed by atoms with Crippen LogP contribution in [0, 0.1) is 11.3 Å². The van der Waals surface area contributed by atoms with Gasteiger partial charge in [-0.05, 0) is 43.3 Å². The van der Waals surface area contributed by atoms with E-state index in [2.05, 4.69) is 42.0 Å². The Balaban J connectivity index is 1.92. The highest BCUT2D eigenvalue weighted by Crippen LogP contribution is 2.34. The van der Waals surface area contributed by atoms with Crippen LogP contribution >= 0.6 is 0 Å². The van der Waals surface area contributed by atoms with E-state index in [9.17, 15) is 0 Å². The molecule has 2 rings (SSSR count). The van der Waals surface area contributed by atoms with Crippen molar-refractivity contribution < 1.29 is 0 Å². The summed E-state index contributed by atoms with van der Waals surface area (Å²) in [5, 5.41) is 3.18. The van der Waals surface area contributed by atoms with Gasteiger partial charge in [0.05, 0.1) is 0 Å². The monoisotopic (exact) mass is 261 g/mol. The van der Waals surface area contributed by atoms with Gasteiger partial charge in [-0.3, -0.25) is 4.90 Å². The van der Waals surface area contributed by atoms with E-state index in [1.54, 1.807) is 0 Å². The number of hydrogen-bond donors (Lipinski definition) is 1. The Morgan fingerprint density at radius 2 is 2.00 bits per heavy atom. The van der Waals surface area contributed by atoms with E-state index in [1.165, 1.54) is 31.5 Å². The number of aromatic nitrogens is 1. The number of nitrogens with zero attached hydrogens (tertiary/aromatic N) is 2. The molecule has 3 heteroatoms. The number of likely N-dealkylation sites (tertiary alicyclic amines) is 1. The normalized spacial score (nSPS) is 18.5. The molecule has 0 radical (unpaired) electrons. The minimum absolute atomic E-state index is 0.455.